The summed E-state index contributed by atoms with van der Waals surface area (Å²) in [5.74, 6) is -1.30. The highest BCUT2D eigenvalue weighted by molar-refractivity contribution is 7.17. The Morgan fingerprint density at radius 2 is 1.78 bits per heavy atom. The highest BCUT2D eigenvalue weighted by atomic mass is 32.1. The molecule has 0 radical (unpaired) electrons. The molecule has 0 unspecified atom stereocenters. The SMILES string of the molecule is Cc1nc(N2CCOCC2)sc1C(=O)NNC(=O)c1cc(C)n(-c2ccccc2F)c1C. The monoisotopic (exact) mass is 457 g/mol. The molecule has 2 amide bonds. The second kappa shape index (κ2) is 9.09. The van der Waals surface area contributed by atoms with Gasteiger partial charge in [-0.1, -0.05) is 23.5 Å². The van der Waals surface area contributed by atoms with E-state index in [9.17, 15) is 14.0 Å². The van der Waals surface area contributed by atoms with E-state index in [0.717, 1.165) is 18.2 Å². The molecule has 8 nitrogen and oxygen atoms in total. The number of hydrogen-bond donors (Lipinski definition) is 2. The van der Waals surface area contributed by atoms with E-state index < -0.39 is 11.8 Å². The number of benzene rings is 1. The van der Waals surface area contributed by atoms with Crippen LogP contribution in [0.25, 0.3) is 5.69 Å². The third-order valence-electron chi connectivity index (χ3n) is 5.33. The molecule has 32 heavy (non-hydrogen) atoms. The van der Waals surface area contributed by atoms with Crippen LogP contribution in [-0.2, 0) is 4.74 Å². The summed E-state index contributed by atoms with van der Waals surface area (Å²) in [5.41, 5.74) is 7.51. The fraction of sp³-hybridized carbons (Fsp3) is 0.318. The summed E-state index contributed by atoms with van der Waals surface area (Å²) in [6.45, 7) is 7.99. The molecule has 1 aliphatic heterocycles. The Morgan fingerprint density at radius 3 is 2.50 bits per heavy atom. The number of morpholine rings is 1. The van der Waals surface area contributed by atoms with Crippen LogP contribution in [0, 0.1) is 26.6 Å². The van der Waals surface area contributed by atoms with Crippen molar-refractivity contribution in [2.75, 3.05) is 31.2 Å². The Kier molecular flexibility index (Phi) is 6.24. The number of hydrogen-bond acceptors (Lipinski definition) is 6. The fourth-order valence-electron chi connectivity index (χ4n) is 3.72. The second-order valence-electron chi connectivity index (χ2n) is 7.49. The van der Waals surface area contributed by atoms with Crippen molar-refractivity contribution in [2.24, 2.45) is 0 Å². The van der Waals surface area contributed by atoms with E-state index in [2.05, 4.69) is 20.7 Å². The number of thiazole rings is 1. The van der Waals surface area contributed by atoms with Gasteiger partial charge in [-0.25, -0.2) is 9.37 Å². The lowest BCUT2D eigenvalue weighted by Crippen LogP contribution is -2.41. The number of amides is 2. The summed E-state index contributed by atoms with van der Waals surface area (Å²) in [5, 5.41) is 0.760. The van der Waals surface area contributed by atoms with Gasteiger partial charge in [-0.05, 0) is 39.0 Å². The quantitative estimate of drug-likeness (QED) is 0.588. The zero-order valence-corrected chi connectivity index (χ0v) is 18.9. The maximum Gasteiger partial charge on any atom is 0.281 e. The molecular formula is C22H24FN5O3S. The van der Waals surface area contributed by atoms with Gasteiger partial charge >= 0.3 is 0 Å². The number of halogens is 1. The second-order valence-corrected chi connectivity index (χ2v) is 8.47. The van der Waals surface area contributed by atoms with Gasteiger partial charge in [0.05, 0.1) is 30.2 Å². The lowest BCUT2D eigenvalue weighted by atomic mass is 10.2. The average Bonchev–Trinajstić information content (AvgIpc) is 3.32. The Morgan fingerprint density at radius 1 is 1.09 bits per heavy atom. The van der Waals surface area contributed by atoms with Gasteiger partial charge in [-0.15, -0.1) is 0 Å². The molecule has 1 aromatic carbocycles. The molecule has 10 heteroatoms. The average molecular weight is 458 g/mol. The van der Waals surface area contributed by atoms with Crippen molar-refractivity contribution in [1.82, 2.24) is 20.4 Å². The number of carbonyl (C=O) groups excluding carboxylic acids is 2. The molecule has 1 saturated heterocycles. The third-order valence-corrected chi connectivity index (χ3v) is 6.55. The number of hydrazine groups is 1. The van der Waals surface area contributed by atoms with Crippen LogP contribution in [0.15, 0.2) is 30.3 Å². The number of nitrogens with one attached hydrogen (secondary N) is 2. The minimum atomic E-state index is -0.482. The zero-order valence-electron chi connectivity index (χ0n) is 18.1. The van der Waals surface area contributed by atoms with Gasteiger partial charge in [0, 0.05) is 24.5 Å². The van der Waals surface area contributed by atoms with Crippen molar-refractivity contribution < 1.29 is 18.7 Å². The normalized spacial score (nSPS) is 13.8. The van der Waals surface area contributed by atoms with E-state index in [1.807, 2.05) is 0 Å². The summed E-state index contributed by atoms with van der Waals surface area (Å²) in [6, 6.07) is 8.04. The topological polar surface area (TPSA) is 88.5 Å². The maximum absolute atomic E-state index is 14.3. The van der Waals surface area contributed by atoms with Gasteiger partial charge in [-0.3, -0.25) is 20.4 Å². The van der Waals surface area contributed by atoms with E-state index in [-0.39, 0.29) is 5.82 Å². The molecule has 0 spiro atoms. The van der Waals surface area contributed by atoms with Crippen LogP contribution in [0.2, 0.25) is 0 Å². The molecule has 1 aliphatic rings. The lowest BCUT2D eigenvalue weighted by molar-refractivity contribution is 0.0848. The molecule has 0 aliphatic carbocycles. The van der Waals surface area contributed by atoms with Gasteiger partial charge in [0.1, 0.15) is 10.7 Å². The summed E-state index contributed by atoms with van der Waals surface area (Å²) in [7, 11) is 0. The fourth-order valence-corrected chi connectivity index (χ4v) is 4.73. The van der Waals surface area contributed by atoms with Crippen molar-refractivity contribution in [3.8, 4) is 5.69 Å². The standard InChI is InChI=1S/C22H24FN5O3S/c1-13-12-16(15(3)28(13)18-7-5-4-6-17(18)23)20(29)25-26-21(30)19-14(2)24-22(32-19)27-8-10-31-11-9-27/h4-7,12H,8-11H2,1-3H3,(H,25,29)(H,26,30). The summed E-state index contributed by atoms with van der Waals surface area (Å²) < 4.78 is 21.3. The Bertz CT molecular complexity index is 1170. The number of aromatic nitrogens is 2. The predicted octanol–water partition coefficient (Wildman–Crippen LogP) is 2.91. The van der Waals surface area contributed by atoms with E-state index in [1.165, 1.54) is 17.4 Å². The number of anilines is 1. The van der Waals surface area contributed by atoms with Crippen molar-refractivity contribution in [3.05, 3.63) is 63.7 Å². The first-order chi connectivity index (χ1) is 15.4. The van der Waals surface area contributed by atoms with Crippen LogP contribution in [0.5, 0.6) is 0 Å². The summed E-state index contributed by atoms with van der Waals surface area (Å²) in [4.78, 5) is 32.4. The molecule has 168 valence electrons. The Balaban J connectivity index is 1.47. The highest BCUT2D eigenvalue weighted by Crippen LogP contribution is 2.27. The van der Waals surface area contributed by atoms with Crippen LogP contribution < -0.4 is 15.8 Å². The van der Waals surface area contributed by atoms with E-state index in [4.69, 9.17) is 4.74 Å². The van der Waals surface area contributed by atoms with Crippen molar-refractivity contribution in [3.63, 3.8) is 0 Å². The molecule has 0 bridgehead atoms. The molecule has 0 atom stereocenters. The summed E-state index contributed by atoms with van der Waals surface area (Å²) in [6.07, 6.45) is 0. The third kappa shape index (κ3) is 4.23. The van der Waals surface area contributed by atoms with Gasteiger partial charge in [0.25, 0.3) is 11.8 Å². The molecule has 4 rings (SSSR count). The van der Waals surface area contributed by atoms with Gasteiger partial charge in [0.2, 0.25) is 0 Å². The Hall–Kier alpha value is -3.24. The van der Waals surface area contributed by atoms with Crippen LogP contribution in [0.3, 0.4) is 0 Å². The van der Waals surface area contributed by atoms with Gasteiger partial charge in [-0.2, -0.15) is 0 Å². The number of carbonyl (C=O) groups is 2. The minimum absolute atomic E-state index is 0.348. The van der Waals surface area contributed by atoms with Crippen LogP contribution in [-0.4, -0.2) is 47.7 Å². The van der Waals surface area contributed by atoms with E-state index >= 15 is 0 Å². The molecule has 2 N–H and O–H groups in total. The van der Waals surface area contributed by atoms with Gasteiger partial charge < -0.3 is 14.2 Å². The van der Waals surface area contributed by atoms with Crippen LogP contribution in [0.1, 0.15) is 37.1 Å². The minimum Gasteiger partial charge on any atom is -0.378 e. The lowest BCUT2D eigenvalue weighted by Gasteiger charge is -2.25. The number of nitrogens with zero attached hydrogens (tertiary/aromatic N) is 3. The van der Waals surface area contributed by atoms with Crippen LogP contribution >= 0.6 is 11.3 Å². The molecule has 2 aromatic heterocycles. The predicted molar refractivity (Wildman–Crippen MR) is 120 cm³/mol. The number of para-hydroxylation sites is 1. The molecule has 3 heterocycles. The number of rotatable bonds is 4. The molecular weight excluding hydrogens is 433 g/mol. The van der Waals surface area contributed by atoms with Gasteiger partial charge in [0.15, 0.2) is 5.13 Å². The highest BCUT2D eigenvalue weighted by Gasteiger charge is 2.22. The van der Waals surface area contributed by atoms with E-state index in [1.54, 1.807) is 49.6 Å². The maximum atomic E-state index is 14.3. The molecule has 0 saturated carbocycles. The number of ether oxygens (including phenoxy) is 1. The smallest absolute Gasteiger partial charge is 0.281 e. The van der Waals surface area contributed by atoms with Crippen molar-refractivity contribution in [2.45, 2.75) is 20.8 Å². The first kappa shape index (κ1) is 22.0. The largest absolute Gasteiger partial charge is 0.378 e. The number of aryl methyl sites for hydroxylation is 2. The van der Waals surface area contributed by atoms with Crippen LogP contribution in [0.4, 0.5) is 9.52 Å². The van der Waals surface area contributed by atoms with Crippen molar-refractivity contribution in [1.29, 1.82) is 0 Å². The zero-order chi connectivity index (χ0) is 22.8. The first-order valence-electron chi connectivity index (χ1n) is 10.2. The molecule has 1 fully saturated rings. The Labute approximate surface area is 189 Å². The molecule has 3 aromatic rings. The van der Waals surface area contributed by atoms with Crippen molar-refractivity contribution >= 4 is 28.3 Å². The summed E-state index contributed by atoms with van der Waals surface area (Å²) >= 11 is 1.28. The first-order valence-corrected chi connectivity index (χ1v) is 11.0. The van der Waals surface area contributed by atoms with E-state index in [0.29, 0.717) is 46.4 Å².